The van der Waals surface area contributed by atoms with E-state index < -0.39 is 6.04 Å². The number of nitrogens with zero attached hydrogens (tertiary/aromatic N) is 1. The Labute approximate surface area is 134 Å². The SMILES string of the molecule is COc1ccccc1NC(C)C(=O)N/N=C\c1ccc(F)cc1. The van der Waals surface area contributed by atoms with Gasteiger partial charge in [0.15, 0.2) is 0 Å². The second-order valence-electron chi connectivity index (χ2n) is 4.85. The van der Waals surface area contributed by atoms with Gasteiger partial charge in [0.25, 0.3) is 5.91 Å². The zero-order chi connectivity index (χ0) is 16.7. The third kappa shape index (κ3) is 4.81. The monoisotopic (exact) mass is 315 g/mol. The molecule has 0 spiro atoms. The van der Waals surface area contributed by atoms with Crippen molar-refractivity contribution in [2.45, 2.75) is 13.0 Å². The van der Waals surface area contributed by atoms with Crippen molar-refractivity contribution in [3.05, 3.63) is 59.9 Å². The van der Waals surface area contributed by atoms with Gasteiger partial charge >= 0.3 is 0 Å². The average molecular weight is 315 g/mol. The molecule has 23 heavy (non-hydrogen) atoms. The number of benzene rings is 2. The standard InChI is InChI=1S/C17H18FN3O2/c1-12(20-15-5-3-4-6-16(15)23-2)17(22)21-19-11-13-7-9-14(18)10-8-13/h3-12,20H,1-2H3,(H,21,22)/b19-11-. The zero-order valence-corrected chi connectivity index (χ0v) is 12.9. The van der Waals surface area contributed by atoms with Crippen molar-refractivity contribution in [3.63, 3.8) is 0 Å². The number of carbonyl (C=O) groups excluding carboxylic acids is 1. The summed E-state index contributed by atoms with van der Waals surface area (Å²) >= 11 is 0. The first-order valence-electron chi connectivity index (χ1n) is 7.08. The molecule has 2 rings (SSSR count). The van der Waals surface area contributed by atoms with E-state index in [0.717, 1.165) is 5.69 Å². The summed E-state index contributed by atoms with van der Waals surface area (Å²) < 4.78 is 18.0. The number of anilines is 1. The molecule has 120 valence electrons. The van der Waals surface area contributed by atoms with Gasteiger partial charge in [0.05, 0.1) is 19.0 Å². The van der Waals surface area contributed by atoms with Crippen molar-refractivity contribution in [1.82, 2.24) is 5.43 Å². The first-order valence-corrected chi connectivity index (χ1v) is 7.08. The number of para-hydroxylation sites is 2. The van der Waals surface area contributed by atoms with Crippen molar-refractivity contribution in [2.24, 2.45) is 5.10 Å². The number of methoxy groups -OCH3 is 1. The maximum absolute atomic E-state index is 12.8. The van der Waals surface area contributed by atoms with Gasteiger partial charge in [0, 0.05) is 0 Å². The van der Waals surface area contributed by atoms with Crippen LogP contribution in [0, 0.1) is 5.82 Å². The number of ether oxygens (including phenoxy) is 1. The van der Waals surface area contributed by atoms with Crippen LogP contribution in [0.2, 0.25) is 0 Å². The molecule has 2 N–H and O–H groups in total. The number of hydrogen-bond acceptors (Lipinski definition) is 4. The molecule has 0 bridgehead atoms. The summed E-state index contributed by atoms with van der Waals surface area (Å²) in [6.45, 7) is 1.72. The Kier molecular flexibility index (Phi) is 5.68. The normalized spacial score (nSPS) is 12.0. The van der Waals surface area contributed by atoms with E-state index >= 15 is 0 Å². The smallest absolute Gasteiger partial charge is 0.262 e. The van der Waals surface area contributed by atoms with Crippen molar-refractivity contribution >= 4 is 17.8 Å². The van der Waals surface area contributed by atoms with E-state index in [1.807, 2.05) is 18.2 Å². The molecule has 6 heteroatoms. The predicted molar refractivity (Wildman–Crippen MR) is 88.2 cm³/mol. The van der Waals surface area contributed by atoms with Crippen LogP contribution in [0.5, 0.6) is 5.75 Å². The van der Waals surface area contributed by atoms with Gasteiger partial charge in [0.2, 0.25) is 0 Å². The Morgan fingerprint density at radius 2 is 1.91 bits per heavy atom. The van der Waals surface area contributed by atoms with Crippen LogP contribution in [-0.4, -0.2) is 25.3 Å². The zero-order valence-electron chi connectivity index (χ0n) is 12.9. The quantitative estimate of drug-likeness (QED) is 0.636. The molecular weight excluding hydrogens is 297 g/mol. The highest BCUT2D eigenvalue weighted by atomic mass is 19.1. The molecule has 0 heterocycles. The molecule has 0 aromatic heterocycles. The Morgan fingerprint density at radius 1 is 1.22 bits per heavy atom. The fourth-order valence-electron chi connectivity index (χ4n) is 1.88. The van der Waals surface area contributed by atoms with E-state index in [9.17, 15) is 9.18 Å². The number of amides is 1. The van der Waals surface area contributed by atoms with Crippen LogP contribution in [0.3, 0.4) is 0 Å². The molecule has 0 aliphatic carbocycles. The van der Waals surface area contributed by atoms with E-state index in [0.29, 0.717) is 11.3 Å². The number of nitrogens with one attached hydrogen (secondary N) is 2. The molecule has 2 aromatic rings. The average Bonchev–Trinajstić information content (AvgIpc) is 2.57. The summed E-state index contributed by atoms with van der Waals surface area (Å²) in [5.41, 5.74) is 3.85. The lowest BCUT2D eigenvalue weighted by atomic mass is 10.2. The molecule has 0 saturated carbocycles. The maximum atomic E-state index is 12.8. The van der Waals surface area contributed by atoms with Gasteiger partial charge in [-0.1, -0.05) is 24.3 Å². The molecule has 1 amide bonds. The summed E-state index contributed by atoms with van der Waals surface area (Å²) in [5.74, 6) is 0.0389. The summed E-state index contributed by atoms with van der Waals surface area (Å²) in [5, 5.41) is 6.92. The topological polar surface area (TPSA) is 62.7 Å². The molecule has 2 aromatic carbocycles. The van der Waals surface area contributed by atoms with Crippen LogP contribution in [0.15, 0.2) is 53.6 Å². The van der Waals surface area contributed by atoms with E-state index in [2.05, 4.69) is 15.8 Å². The summed E-state index contributed by atoms with van der Waals surface area (Å²) in [4.78, 5) is 12.0. The predicted octanol–water partition coefficient (Wildman–Crippen LogP) is 2.79. The van der Waals surface area contributed by atoms with Gasteiger partial charge in [-0.3, -0.25) is 4.79 Å². The van der Waals surface area contributed by atoms with Crippen LogP contribution in [0.1, 0.15) is 12.5 Å². The molecule has 1 unspecified atom stereocenters. The second kappa shape index (κ2) is 7.93. The minimum absolute atomic E-state index is 0.297. The summed E-state index contributed by atoms with van der Waals surface area (Å²) in [6.07, 6.45) is 1.45. The largest absolute Gasteiger partial charge is 0.495 e. The molecule has 0 saturated heterocycles. The molecule has 0 radical (unpaired) electrons. The number of carbonyl (C=O) groups is 1. The number of hydrogen-bond donors (Lipinski definition) is 2. The third-order valence-electron chi connectivity index (χ3n) is 3.13. The van der Waals surface area contributed by atoms with Crippen molar-refractivity contribution < 1.29 is 13.9 Å². The minimum Gasteiger partial charge on any atom is -0.495 e. The fourth-order valence-corrected chi connectivity index (χ4v) is 1.88. The van der Waals surface area contributed by atoms with E-state index in [1.165, 1.54) is 18.3 Å². The lowest BCUT2D eigenvalue weighted by Crippen LogP contribution is -2.35. The Bertz CT molecular complexity index is 686. The second-order valence-corrected chi connectivity index (χ2v) is 4.85. The van der Waals surface area contributed by atoms with Crippen molar-refractivity contribution in [2.75, 3.05) is 12.4 Å². The Morgan fingerprint density at radius 3 is 2.61 bits per heavy atom. The molecule has 0 aliphatic heterocycles. The van der Waals surface area contributed by atoms with E-state index in [1.54, 1.807) is 32.2 Å². The van der Waals surface area contributed by atoms with E-state index in [4.69, 9.17) is 4.74 Å². The Balaban J connectivity index is 1.91. The van der Waals surface area contributed by atoms with Crippen molar-refractivity contribution in [3.8, 4) is 5.75 Å². The van der Waals surface area contributed by atoms with Gasteiger partial charge in [-0.25, -0.2) is 9.82 Å². The molecule has 0 aliphatic rings. The van der Waals surface area contributed by atoms with Crippen LogP contribution >= 0.6 is 0 Å². The minimum atomic E-state index is -0.503. The first-order chi connectivity index (χ1) is 11.1. The van der Waals surface area contributed by atoms with Gasteiger partial charge in [-0.05, 0) is 36.8 Å². The lowest BCUT2D eigenvalue weighted by Gasteiger charge is -2.15. The first kappa shape index (κ1) is 16.5. The highest BCUT2D eigenvalue weighted by molar-refractivity contribution is 5.86. The summed E-state index contributed by atoms with van der Waals surface area (Å²) in [7, 11) is 1.57. The fraction of sp³-hybridized carbons (Fsp3) is 0.176. The van der Waals surface area contributed by atoms with Crippen LogP contribution in [0.25, 0.3) is 0 Å². The highest BCUT2D eigenvalue weighted by Gasteiger charge is 2.13. The number of halogens is 1. The Hall–Kier alpha value is -2.89. The summed E-state index contributed by atoms with van der Waals surface area (Å²) in [6, 6.07) is 12.6. The van der Waals surface area contributed by atoms with Crippen molar-refractivity contribution in [1.29, 1.82) is 0 Å². The van der Waals surface area contributed by atoms with Gasteiger partial charge in [-0.2, -0.15) is 5.10 Å². The number of hydrazone groups is 1. The molecular formula is C17H18FN3O2. The van der Waals surface area contributed by atoms with E-state index in [-0.39, 0.29) is 11.7 Å². The third-order valence-corrected chi connectivity index (χ3v) is 3.13. The highest BCUT2D eigenvalue weighted by Crippen LogP contribution is 2.23. The van der Waals surface area contributed by atoms with Crippen LogP contribution < -0.4 is 15.5 Å². The number of rotatable bonds is 6. The lowest BCUT2D eigenvalue weighted by molar-refractivity contribution is -0.121. The molecule has 5 nitrogen and oxygen atoms in total. The maximum Gasteiger partial charge on any atom is 0.262 e. The van der Waals surface area contributed by atoms with Crippen LogP contribution in [0.4, 0.5) is 10.1 Å². The van der Waals surface area contributed by atoms with Crippen LogP contribution in [-0.2, 0) is 4.79 Å². The van der Waals surface area contributed by atoms with Gasteiger partial charge < -0.3 is 10.1 Å². The van der Waals surface area contributed by atoms with Gasteiger partial charge in [-0.15, -0.1) is 0 Å². The molecule has 1 atom stereocenters. The van der Waals surface area contributed by atoms with Gasteiger partial charge in [0.1, 0.15) is 17.6 Å². The molecule has 0 fully saturated rings.